The van der Waals surface area contributed by atoms with E-state index in [0.29, 0.717) is 17.3 Å². The monoisotopic (exact) mass is 215 g/mol. The van der Waals surface area contributed by atoms with Crippen molar-refractivity contribution in [2.45, 2.75) is 12.3 Å². The molecule has 0 aromatic heterocycles. The second kappa shape index (κ2) is 3.20. The molecular formula is C9H7Cl2NO. The lowest BCUT2D eigenvalue weighted by Crippen LogP contribution is -2.03. The number of carbonyl (C=O) groups excluding carboxylic acids is 1. The van der Waals surface area contributed by atoms with Crippen LogP contribution in [0.25, 0.3) is 0 Å². The first-order valence-electron chi connectivity index (χ1n) is 3.88. The Balaban J connectivity index is 2.50. The van der Waals surface area contributed by atoms with Gasteiger partial charge in [0.1, 0.15) is 0 Å². The van der Waals surface area contributed by atoms with Gasteiger partial charge in [0.05, 0.1) is 6.42 Å². The molecule has 0 aliphatic carbocycles. The van der Waals surface area contributed by atoms with E-state index in [4.69, 9.17) is 23.2 Å². The topological polar surface area (TPSA) is 29.1 Å². The molecule has 0 saturated carbocycles. The Kier molecular flexibility index (Phi) is 2.18. The second-order valence-electron chi connectivity index (χ2n) is 2.96. The number of anilines is 1. The van der Waals surface area contributed by atoms with E-state index in [-0.39, 0.29) is 5.91 Å². The molecule has 0 fully saturated rings. The van der Waals surface area contributed by atoms with Crippen LogP contribution in [0.1, 0.15) is 11.1 Å². The number of carbonyl (C=O) groups is 1. The fourth-order valence-electron chi connectivity index (χ4n) is 1.40. The summed E-state index contributed by atoms with van der Waals surface area (Å²) in [5.41, 5.74) is 2.66. The summed E-state index contributed by atoms with van der Waals surface area (Å²) in [4.78, 5) is 11.0. The average molecular weight is 216 g/mol. The first-order chi connectivity index (χ1) is 6.20. The van der Waals surface area contributed by atoms with Crippen molar-refractivity contribution in [3.63, 3.8) is 0 Å². The number of fused-ring (bicyclic) bond motifs is 1. The van der Waals surface area contributed by atoms with Crippen LogP contribution in [0.4, 0.5) is 5.69 Å². The Hall–Kier alpha value is -0.730. The number of nitrogens with one attached hydrogen (secondary N) is 1. The molecule has 2 nitrogen and oxygen atoms in total. The van der Waals surface area contributed by atoms with Crippen molar-refractivity contribution < 1.29 is 4.79 Å². The highest BCUT2D eigenvalue weighted by Crippen LogP contribution is 2.30. The van der Waals surface area contributed by atoms with Crippen LogP contribution >= 0.6 is 23.2 Å². The highest BCUT2D eigenvalue weighted by Gasteiger charge is 2.18. The molecule has 0 saturated heterocycles. The Bertz CT molecular complexity index is 376. The van der Waals surface area contributed by atoms with Gasteiger partial charge in [-0.1, -0.05) is 17.7 Å². The highest BCUT2D eigenvalue weighted by atomic mass is 35.5. The smallest absolute Gasteiger partial charge is 0.228 e. The molecule has 0 spiro atoms. The predicted octanol–water partition coefficient (Wildman–Crippen LogP) is 2.57. The standard InChI is InChI=1S/C9H7Cl2NO/c10-4-6-1-5-2-9(13)12-8(5)3-7(6)11/h1,3H,2,4H2,(H,12,13). The van der Waals surface area contributed by atoms with Crippen LogP contribution in [0.5, 0.6) is 0 Å². The fraction of sp³-hybridized carbons (Fsp3) is 0.222. The van der Waals surface area contributed by atoms with Crippen LogP contribution in [0.15, 0.2) is 12.1 Å². The molecule has 1 aliphatic heterocycles. The molecule has 0 radical (unpaired) electrons. The minimum atomic E-state index is 0.0118. The lowest BCUT2D eigenvalue weighted by Gasteiger charge is -2.03. The van der Waals surface area contributed by atoms with Crippen LogP contribution in [0.3, 0.4) is 0 Å². The zero-order valence-electron chi connectivity index (χ0n) is 6.73. The molecule has 0 atom stereocenters. The van der Waals surface area contributed by atoms with Gasteiger partial charge < -0.3 is 5.32 Å². The first-order valence-corrected chi connectivity index (χ1v) is 4.79. The van der Waals surface area contributed by atoms with Gasteiger partial charge in [-0.05, 0) is 17.2 Å². The maximum Gasteiger partial charge on any atom is 0.228 e. The van der Waals surface area contributed by atoms with Crippen LogP contribution in [-0.4, -0.2) is 5.91 Å². The van der Waals surface area contributed by atoms with Gasteiger partial charge in [-0.15, -0.1) is 11.6 Å². The van der Waals surface area contributed by atoms with Crippen molar-refractivity contribution in [3.8, 4) is 0 Å². The number of rotatable bonds is 1. The van der Waals surface area contributed by atoms with E-state index >= 15 is 0 Å². The van der Waals surface area contributed by atoms with Gasteiger partial charge in [0.25, 0.3) is 0 Å². The molecule has 1 N–H and O–H groups in total. The third-order valence-corrected chi connectivity index (χ3v) is 2.68. The van der Waals surface area contributed by atoms with Crippen molar-refractivity contribution in [1.29, 1.82) is 0 Å². The Labute approximate surface area is 85.8 Å². The predicted molar refractivity (Wildman–Crippen MR) is 53.3 cm³/mol. The van der Waals surface area contributed by atoms with Crippen molar-refractivity contribution in [1.82, 2.24) is 0 Å². The molecule has 68 valence electrons. The number of hydrogen-bond donors (Lipinski definition) is 1. The largest absolute Gasteiger partial charge is 0.325 e. The molecule has 1 aromatic carbocycles. The minimum Gasteiger partial charge on any atom is -0.325 e. The van der Waals surface area contributed by atoms with Crippen LogP contribution in [0, 0.1) is 0 Å². The van der Waals surface area contributed by atoms with Gasteiger partial charge in [-0.25, -0.2) is 0 Å². The summed E-state index contributed by atoms with van der Waals surface area (Å²) in [6.45, 7) is 0. The Morgan fingerprint density at radius 3 is 2.92 bits per heavy atom. The third kappa shape index (κ3) is 1.52. The van der Waals surface area contributed by atoms with Gasteiger partial charge in [-0.3, -0.25) is 4.79 Å². The summed E-state index contributed by atoms with van der Waals surface area (Å²) in [7, 11) is 0. The molecule has 1 amide bonds. The maximum atomic E-state index is 11.0. The van der Waals surface area contributed by atoms with Gasteiger partial charge in [0, 0.05) is 16.6 Å². The molecule has 1 aromatic rings. The number of hydrogen-bond acceptors (Lipinski definition) is 1. The van der Waals surface area contributed by atoms with Crippen molar-refractivity contribution >= 4 is 34.8 Å². The van der Waals surface area contributed by atoms with Crippen LogP contribution in [-0.2, 0) is 17.1 Å². The molecule has 0 unspecified atom stereocenters. The lowest BCUT2D eigenvalue weighted by atomic mass is 10.1. The number of alkyl halides is 1. The van der Waals surface area contributed by atoms with Crippen LogP contribution in [0.2, 0.25) is 5.02 Å². The second-order valence-corrected chi connectivity index (χ2v) is 3.63. The molecule has 0 bridgehead atoms. The van der Waals surface area contributed by atoms with E-state index in [9.17, 15) is 4.79 Å². The number of halogens is 2. The van der Waals surface area contributed by atoms with Crippen molar-refractivity contribution in [2.24, 2.45) is 0 Å². The molecule has 1 heterocycles. The summed E-state index contributed by atoms with van der Waals surface area (Å²) in [6.07, 6.45) is 0.427. The van der Waals surface area contributed by atoms with Gasteiger partial charge in [-0.2, -0.15) is 0 Å². The van der Waals surface area contributed by atoms with Crippen LogP contribution < -0.4 is 5.32 Å². The molecule has 2 rings (SSSR count). The average Bonchev–Trinajstić information content (AvgIpc) is 2.42. The van der Waals surface area contributed by atoms with Crippen molar-refractivity contribution in [3.05, 3.63) is 28.3 Å². The van der Waals surface area contributed by atoms with Crippen molar-refractivity contribution in [2.75, 3.05) is 5.32 Å². The molecule has 13 heavy (non-hydrogen) atoms. The summed E-state index contributed by atoms with van der Waals surface area (Å²) in [6, 6.07) is 3.63. The van der Waals surface area contributed by atoms with Gasteiger partial charge in [0.15, 0.2) is 0 Å². The summed E-state index contributed by atoms with van der Waals surface area (Å²) in [5.74, 6) is 0.387. The zero-order chi connectivity index (χ0) is 9.42. The minimum absolute atomic E-state index is 0.0118. The van der Waals surface area contributed by atoms with Gasteiger partial charge in [0.2, 0.25) is 5.91 Å². The Morgan fingerprint density at radius 2 is 2.23 bits per heavy atom. The Morgan fingerprint density at radius 1 is 1.46 bits per heavy atom. The van der Waals surface area contributed by atoms with E-state index in [0.717, 1.165) is 16.8 Å². The van der Waals surface area contributed by atoms with E-state index in [2.05, 4.69) is 5.32 Å². The SMILES string of the molecule is O=C1Cc2cc(CCl)c(Cl)cc2N1. The highest BCUT2D eigenvalue weighted by molar-refractivity contribution is 6.32. The zero-order valence-corrected chi connectivity index (χ0v) is 8.24. The fourth-order valence-corrected chi connectivity index (χ4v) is 1.92. The molecule has 1 aliphatic rings. The molecular weight excluding hydrogens is 209 g/mol. The molecule has 4 heteroatoms. The number of benzene rings is 1. The lowest BCUT2D eigenvalue weighted by molar-refractivity contribution is -0.115. The summed E-state index contributed by atoms with van der Waals surface area (Å²) in [5, 5.41) is 3.33. The van der Waals surface area contributed by atoms with E-state index < -0.39 is 0 Å². The first kappa shape index (κ1) is 8.85. The van der Waals surface area contributed by atoms with E-state index in [1.54, 1.807) is 6.07 Å². The third-order valence-electron chi connectivity index (χ3n) is 2.04. The quantitative estimate of drug-likeness (QED) is 0.718. The van der Waals surface area contributed by atoms with E-state index in [1.807, 2.05) is 6.07 Å². The number of amides is 1. The van der Waals surface area contributed by atoms with E-state index in [1.165, 1.54) is 0 Å². The normalized spacial score (nSPS) is 14.2. The summed E-state index contributed by atoms with van der Waals surface area (Å²) >= 11 is 11.6. The summed E-state index contributed by atoms with van der Waals surface area (Å²) < 4.78 is 0. The maximum absolute atomic E-state index is 11.0. The van der Waals surface area contributed by atoms with Gasteiger partial charge >= 0.3 is 0 Å².